The van der Waals surface area contributed by atoms with E-state index in [0.29, 0.717) is 6.42 Å². The van der Waals surface area contributed by atoms with Gasteiger partial charge >= 0.3 is 0 Å². The van der Waals surface area contributed by atoms with Crippen molar-refractivity contribution in [3.63, 3.8) is 0 Å². The maximum Gasteiger partial charge on any atom is 0.0899 e. The molecule has 0 bridgehead atoms. The van der Waals surface area contributed by atoms with E-state index >= 15 is 0 Å². The largest absolute Gasteiger partial charge is 0.387 e. The summed E-state index contributed by atoms with van der Waals surface area (Å²) in [6.07, 6.45) is 0.00604. The van der Waals surface area contributed by atoms with Crippen molar-refractivity contribution in [2.75, 3.05) is 0 Å². The maximum atomic E-state index is 9.91. The van der Waals surface area contributed by atoms with Crippen molar-refractivity contribution in [1.82, 2.24) is 0 Å². The highest BCUT2D eigenvalue weighted by Gasteiger charge is 2.05. The number of aliphatic hydroxyl groups is 1. The molecule has 0 saturated carbocycles. The van der Waals surface area contributed by atoms with Crippen molar-refractivity contribution in [3.05, 3.63) is 48.0 Å². The third kappa shape index (κ3) is 2.24. The van der Waals surface area contributed by atoms with Crippen LogP contribution in [-0.2, 0) is 0 Å². The van der Waals surface area contributed by atoms with Crippen LogP contribution < -0.4 is 0 Å². The Morgan fingerprint density at radius 1 is 1.12 bits per heavy atom. The Kier molecular flexibility index (Phi) is 3.24. The smallest absolute Gasteiger partial charge is 0.0899 e. The zero-order valence-corrected chi connectivity index (χ0v) is 9.27. The van der Waals surface area contributed by atoms with Gasteiger partial charge in [-0.15, -0.1) is 11.8 Å². The quantitative estimate of drug-likeness (QED) is 0.754. The lowest BCUT2D eigenvalue weighted by Crippen LogP contribution is -1.95. The SMILES string of the molecule is CC#CCC(O)c1ccc2ccccc2c1. The van der Waals surface area contributed by atoms with Crippen LogP contribution >= 0.6 is 0 Å². The molecule has 80 valence electrons. The first kappa shape index (κ1) is 10.7. The van der Waals surface area contributed by atoms with Gasteiger partial charge in [-0.1, -0.05) is 36.4 Å². The molecule has 0 heterocycles. The molecule has 0 aromatic heterocycles. The standard InChI is InChI=1S/C15H14O/c1-2-3-8-15(16)14-10-9-12-6-4-5-7-13(12)11-14/h4-7,9-11,15-16H,8H2,1H3. The lowest BCUT2D eigenvalue weighted by molar-refractivity contribution is 0.184. The topological polar surface area (TPSA) is 20.2 Å². The van der Waals surface area contributed by atoms with Crippen molar-refractivity contribution in [3.8, 4) is 11.8 Å². The van der Waals surface area contributed by atoms with Crippen molar-refractivity contribution in [1.29, 1.82) is 0 Å². The van der Waals surface area contributed by atoms with Crippen molar-refractivity contribution < 1.29 is 5.11 Å². The third-order valence-corrected chi connectivity index (χ3v) is 2.63. The molecule has 1 N–H and O–H groups in total. The first-order chi connectivity index (χ1) is 7.81. The minimum Gasteiger partial charge on any atom is -0.387 e. The summed E-state index contributed by atoms with van der Waals surface area (Å²) in [6, 6.07) is 14.2. The molecular weight excluding hydrogens is 196 g/mol. The molecule has 0 aliphatic heterocycles. The number of hydrogen-bond donors (Lipinski definition) is 1. The predicted octanol–water partition coefficient (Wildman–Crippen LogP) is 3.29. The second kappa shape index (κ2) is 4.83. The highest BCUT2D eigenvalue weighted by atomic mass is 16.3. The molecule has 0 spiro atoms. The van der Waals surface area contributed by atoms with E-state index in [2.05, 4.69) is 24.0 Å². The van der Waals surface area contributed by atoms with Crippen LogP contribution in [0, 0.1) is 11.8 Å². The van der Waals surface area contributed by atoms with Crippen molar-refractivity contribution >= 4 is 10.8 Å². The van der Waals surface area contributed by atoms with Gasteiger partial charge in [0.1, 0.15) is 0 Å². The summed E-state index contributed by atoms with van der Waals surface area (Å²) < 4.78 is 0. The molecule has 0 aliphatic rings. The first-order valence-corrected chi connectivity index (χ1v) is 5.37. The van der Waals surface area contributed by atoms with E-state index in [0.717, 1.165) is 10.9 Å². The minimum absolute atomic E-state index is 0.489. The van der Waals surface area contributed by atoms with Crippen LogP contribution in [0.3, 0.4) is 0 Å². The Balaban J connectivity index is 2.34. The van der Waals surface area contributed by atoms with Gasteiger partial charge in [-0.2, -0.15) is 0 Å². The molecule has 0 saturated heterocycles. The highest BCUT2D eigenvalue weighted by molar-refractivity contribution is 5.83. The van der Waals surface area contributed by atoms with Crippen molar-refractivity contribution in [2.24, 2.45) is 0 Å². The molecule has 0 amide bonds. The summed E-state index contributed by atoms with van der Waals surface area (Å²) in [4.78, 5) is 0. The highest BCUT2D eigenvalue weighted by Crippen LogP contribution is 2.21. The van der Waals surface area contributed by atoms with E-state index < -0.39 is 6.10 Å². The van der Waals surface area contributed by atoms with Crippen LogP contribution in [0.4, 0.5) is 0 Å². The van der Waals surface area contributed by atoms with Crippen LogP contribution in [0.15, 0.2) is 42.5 Å². The van der Waals surface area contributed by atoms with Crippen LogP contribution in [-0.4, -0.2) is 5.11 Å². The molecule has 0 radical (unpaired) electrons. The zero-order chi connectivity index (χ0) is 11.4. The normalized spacial score (nSPS) is 11.9. The van der Waals surface area contributed by atoms with Gasteiger partial charge in [0.2, 0.25) is 0 Å². The fourth-order valence-electron chi connectivity index (χ4n) is 1.73. The summed E-state index contributed by atoms with van der Waals surface area (Å²) in [5.74, 6) is 5.69. The van der Waals surface area contributed by atoms with E-state index in [1.807, 2.05) is 30.3 Å². The Labute approximate surface area is 95.7 Å². The van der Waals surface area contributed by atoms with Crippen LogP contribution in [0.1, 0.15) is 25.0 Å². The lowest BCUT2D eigenvalue weighted by atomic mass is 10.0. The second-order valence-electron chi connectivity index (χ2n) is 3.75. The predicted molar refractivity (Wildman–Crippen MR) is 67.0 cm³/mol. The van der Waals surface area contributed by atoms with Gasteiger partial charge in [-0.05, 0) is 29.3 Å². The van der Waals surface area contributed by atoms with Gasteiger partial charge in [0.15, 0.2) is 0 Å². The summed E-state index contributed by atoms with van der Waals surface area (Å²) >= 11 is 0. The summed E-state index contributed by atoms with van der Waals surface area (Å²) in [5, 5.41) is 12.3. The summed E-state index contributed by atoms with van der Waals surface area (Å²) in [6.45, 7) is 1.78. The zero-order valence-electron chi connectivity index (χ0n) is 9.27. The van der Waals surface area contributed by atoms with Gasteiger partial charge in [0, 0.05) is 6.42 Å². The van der Waals surface area contributed by atoms with Gasteiger partial charge in [-0.3, -0.25) is 0 Å². The number of hydrogen-bond acceptors (Lipinski definition) is 1. The molecule has 0 fully saturated rings. The molecule has 1 unspecified atom stereocenters. The van der Waals surface area contributed by atoms with Gasteiger partial charge in [-0.25, -0.2) is 0 Å². The van der Waals surface area contributed by atoms with Crippen LogP contribution in [0.25, 0.3) is 10.8 Å². The Hall–Kier alpha value is -1.78. The van der Waals surface area contributed by atoms with Crippen LogP contribution in [0.2, 0.25) is 0 Å². The fourth-order valence-corrected chi connectivity index (χ4v) is 1.73. The van der Waals surface area contributed by atoms with E-state index in [9.17, 15) is 5.11 Å². The molecule has 0 aliphatic carbocycles. The molecule has 2 rings (SSSR count). The lowest BCUT2D eigenvalue weighted by Gasteiger charge is -2.08. The monoisotopic (exact) mass is 210 g/mol. The molecule has 1 heteroatoms. The summed E-state index contributed by atoms with van der Waals surface area (Å²) in [5.41, 5.74) is 0.932. The fraction of sp³-hybridized carbons (Fsp3) is 0.200. The number of rotatable bonds is 2. The summed E-state index contributed by atoms with van der Waals surface area (Å²) in [7, 11) is 0. The van der Waals surface area contributed by atoms with E-state index in [1.54, 1.807) is 6.92 Å². The number of benzene rings is 2. The van der Waals surface area contributed by atoms with Gasteiger partial charge in [0.05, 0.1) is 6.10 Å². The average Bonchev–Trinajstić information content (AvgIpc) is 2.35. The molecule has 1 nitrogen and oxygen atoms in total. The van der Waals surface area contributed by atoms with Crippen LogP contribution in [0.5, 0.6) is 0 Å². The third-order valence-electron chi connectivity index (χ3n) is 2.63. The van der Waals surface area contributed by atoms with E-state index in [-0.39, 0.29) is 0 Å². The van der Waals surface area contributed by atoms with Crippen molar-refractivity contribution in [2.45, 2.75) is 19.4 Å². The Morgan fingerprint density at radius 2 is 1.88 bits per heavy atom. The minimum atomic E-state index is -0.489. The molecule has 2 aromatic rings. The Bertz CT molecular complexity index is 546. The molecule has 16 heavy (non-hydrogen) atoms. The second-order valence-corrected chi connectivity index (χ2v) is 3.75. The maximum absolute atomic E-state index is 9.91. The number of aliphatic hydroxyl groups excluding tert-OH is 1. The number of fused-ring (bicyclic) bond motifs is 1. The van der Waals surface area contributed by atoms with Gasteiger partial charge < -0.3 is 5.11 Å². The Morgan fingerprint density at radius 3 is 2.62 bits per heavy atom. The van der Waals surface area contributed by atoms with E-state index in [4.69, 9.17) is 0 Å². The molecule has 2 aromatic carbocycles. The van der Waals surface area contributed by atoms with E-state index in [1.165, 1.54) is 5.39 Å². The molecule has 1 atom stereocenters. The molecular formula is C15H14O. The average molecular weight is 210 g/mol. The first-order valence-electron chi connectivity index (χ1n) is 5.37. The van der Waals surface area contributed by atoms with Gasteiger partial charge in [0.25, 0.3) is 0 Å².